The summed E-state index contributed by atoms with van der Waals surface area (Å²) in [4.78, 5) is 49.8. The number of carboxylic acid groups (broad SMARTS) is 2. The second-order valence-electron chi connectivity index (χ2n) is 20.8. The van der Waals surface area contributed by atoms with E-state index in [9.17, 15) is 58.6 Å². The molecule has 8 aromatic rings. The van der Waals surface area contributed by atoms with Gasteiger partial charge in [0.1, 0.15) is 11.6 Å². The minimum Gasteiger partial charge on any atom is -0.550 e. The molecule has 0 aliphatic rings. The zero-order valence-corrected chi connectivity index (χ0v) is 50.7. The smallest absolute Gasteiger partial charge is 0.550 e. The topological polar surface area (TPSA) is 255 Å². The fraction of sp³-hybridized carbons (Fsp3) is 0.284. The van der Waals surface area contributed by atoms with Crippen molar-refractivity contribution in [3.05, 3.63) is 204 Å². The molecule has 2 aromatic heterocycles. The average Bonchev–Trinajstić information content (AvgIpc) is 1.79. The van der Waals surface area contributed by atoms with Gasteiger partial charge in [-0.25, -0.2) is 8.78 Å². The van der Waals surface area contributed by atoms with Gasteiger partial charge in [-0.3, -0.25) is 9.59 Å². The predicted molar refractivity (Wildman–Crippen MR) is 325 cm³/mol. The number of aromatic nitrogens is 2. The molecule has 0 radical (unpaired) electrons. The Hall–Kier alpha value is -7.32. The van der Waals surface area contributed by atoms with E-state index in [1.54, 1.807) is 48.5 Å². The van der Waals surface area contributed by atoms with Crippen molar-refractivity contribution >= 4 is 72.9 Å². The maximum atomic E-state index is 14.0. The first-order valence-corrected chi connectivity index (χ1v) is 27.9. The number of halogens is 2. The van der Waals surface area contributed by atoms with Gasteiger partial charge in [-0.15, -0.1) is 0 Å². The summed E-state index contributed by atoms with van der Waals surface area (Å²) in [5.41, 5.74) is 13.9. The number of carbonyl (C=O) groups is 4. The number of aliphatic hydroxyl groups excluding tert-OH is 4. The van der Waals surface area contributed by atoms with Crippen LogP contribution in [-0.2, 0) is 22.7 Å². The molecular weight excluding hydrogens is 1110 g/mol. The molecule has 0 saturated heterocycles. The maximum Gasteiger partial charge on any atom is 2.00 e. The average molecular weight is 1190 g/mol. The molecule has 0 fully saturated rings. The van der Waals surface area contributed by atoms with Crippen molar-refractivity contribution in [1.82, 2.24) is 9.13 Å². The molecular formula is C67H73CaF2N5O10. The van der Waals surface area contributed by atoms with Crippen LogP contribution in [0.4, 0.5) is 20.2 Å². The Labute approximate surface area is 524 Å². The molecule has 0 bridgehead atoms. The Morgan fingerprint density at radius 2 is 0.753 bits per heavy atom. The largest absolute Gasteiger partial charge is 2.00 e. The van der Waals surface area contributed by atoms with Crippen LogP contribution >= 0.6 is 0 Å². The van der Waals surface area contributed by atoms with Gasteiger partial charge in [0.15, 0.2) is 0 Å². The summed E-state index contributed by atoms with van der Waals surface area (Å²) in [5, 5.41) is 69.2. The minimum atomic E-state index is -1.39. The number of carboxylic acids is 2. The van der Waals surface area contributed by atoms with Crippen molar-refractivity contribution in [3.63, 3.8) is 0 Å². The van der Waals surface area contributed by atoms with Crippen LogP contribution in [0.5, 0.6) is 0 Å². The van der Waals surface area contributed by atoms with Gasteiger partial charge in [-0.05, 0) is 140 Å². The van der Waals surface area contributed by atoms with Crippen molar-refractivity contribution in [2.24, 2.45) is 5.73 Å². The van der Waals surface area contributed by atoms with Crippen molar-refractivity contribution in [2.45, 2.75) is 116 Å². The van der Waals surface area contributed by atoms with E-state index in [0.29, 0.717) is 56.1 Å². The number of nitrogens with one attached hydrogen (secondary N) is 2. The van der Waals surface area contributed by atoms with E-state index in [1.807, 2.05) is 134 Å². The second-order valence-corrected chi connectivity index (χ2v) is 20.8. The quantitative estimate of drug-likeness (QED) is 0.0281. The Morgan fingerprint density at radius 1 is 0.459 bits per heavy atom. The Kier molecular flexibility index (Phi) is 26.9. The summed E-state index contributed by atoms with van der Waals surface area (Å²) >= 11 is 0. The first-order valence-electron chi connectivity index (χ1n) is 27.9. The van der Waals surface area contributed by atoms with Crippen LogP contribution in [0.2, 0.25) is 0 Å². The minimum absolute atomic E-state index is 0. The Balaban J connectivity index is 0.000000298. The number of para-hydroxylation sites is 2. The van der Waals surface area contributed by atoms with Crippen LogP contribution in [0.3, 0.4) is 0 Å². The number of anilines is 2. The van der Waals surface area contributed by atoms with Gasteiger partial charge in [0.25, 0.3) is 11.8 Å². The van der Waals surface area contributed by atoms with Gasteiger partial charge in [-0.1, -0.05) is 125 Å². The number of nitrogens with zero attached hydrogens (tertiary/aromatic N) is 2. The second kappa shape index (κ2) is 33.4. The third-order valence-electron chi connectivity index (χ3n) is 13.8. The number of hydrogen-bond donors (Lipinski definition) is 7. The fourth-order valence-corrected chi connectivity index (χ4v) is 10.4. The van der Waals surface area contributed by atoms with Crippen LogP contribution in [0.1, 0.15) is 110 Å². The standard InChI is InChI=1S/2C33H35FN2O5.CH5N.Ca/c2*1-21(2)31-30(33(41)35-25-11-7-4-8-12-25)29(22-9-5-3-6-10-22)32(23-13-15-24(34)16-14-23)36(31)18-17-26(37)19-27(38)20-28(39)40;1-2;/h2*3-16,21,26-27,37-38H,17-20H2,1-2H3,(H,35,41)(H,39,40);2H2,1H3;/q;;;+2/p-2/t2*26-,27-;;/m11../s1. The van der Waals surface area contributed by atoms with E-state index in [1.165, 1.54) is 31.3 Å². The van der Waals surface area contributed by atoms with Crippen molar-refractivity contribution < 1.29 is 58.6 Å². The van der Waals surface area contributed by atoms with E-state index in [0.717, 1.165) is 22.5 Å². The SMILES string of the molecule is CC(C)c1c(C(=O)Nc2ccccc2)c(-c2ccccc2)c(-c2ccc(F)cc2)n1CC[C@@H](O)C[C@@H](O)CC(=O)[O-].CC(C)c1c(C(=O)Nc2ccccc2)c(-c2ccccc2)c(-c2ccc(F)cc2)n1CC[C@@H](O)C[C@@H](O)CC(=O)[O-].CN.[Ca+2]. The molecule has 6 aromatic carbocycles. The number of benzene rings is 6. The van der Waals surface area contributed by atoms with Gasteiger partial charge in [0.2, 0.25) is 0 Å². The zero-order valence-electron chi connectivity index (χ0n) is 48.5. The first-order chi connectivity index (χ1) is 40.3. The molecule has 2 amide bonds. The van der Waals surface area contributed by atoms with Crippen molar-refractivity contribution in [3.8, 4) is 44.8 Å². The summed E-state index contributed by atoms with van der Waals surface area (Å²) in [7, 11) is 1.50. The van der Waals surface area contributed by atoms with Gasteiger partial charge < -0.3 is 65.7 Å². The van der Waals surface area contributed by atoms with Gasteiger partial charge in [0.05, 0.1) is 46.9 Å². The summed E-state index contributed by atoms with van der Waals surface area (Å²) < 4.78 is 32.0. The molecule has 4 atom stereocenters. The van der Waals surface area contributed by atoms with Crippen LogP contribution in [0.15, 0.2) is 170 Å². The zero-order chi connectivity index (χ0) is 61.0. The molecule has 0 unspecified atom stereocenters. The molecule has 0 aliphatic heterocycles. The monoisotopic (exact) mass is 1190 g/mol. The molecule has 18 heteroatoms. The summed E-state index contributed by atoms with van der Waals surface area (Å²) in [5.74, 6) is -4.41. The molecule has 442 valence electrons. The molecule has 0 saturated carbocycles. The number of hydrogen-bond acceptors (Lipinski definition) is 11. The summed E-state index contributed by atoms with van der Waals surface area (Å²) in [6, 6.07) is 49.4. The third kappa shape index (κ3) is 18.8. The van der Waals surface area contributed by atoms with Crippen LogP contribution in [-0.4, -0.2) is 123 Å². The van der Waals surface area contributed by atoms with E-state index >= 15 is 0 Å². The van der Waals surface area contributed by atoms with Crippen LogP contribution in [0.25, 0.3) is 44.8 Å². The van der Waals surface area contributed by atoms with Crippen molar-refractivity contribution in [2.75, 3.05) is 17.7 Å². The van der Waals surface area contributed by atoms with Crippen LogP contribution < -0.4 is 26.6 Å². The summed E-state index contributed by atoms with van der Waals surface area (Å²) in [6.45, 7) is 8.45. The number of carbonyl (C=O) groups excluding carboxylic acids is 4. The van der Waals surface area contributed by atoms with Crippen molar-refractivity contribution in [1.29, 1.82) is 0 Å². The predicted octanol–water partition coefficient (Wildman–Crippen LogP) is 9.15. The number of amides is 2. The van der Waals surface area contributed by atoms with Crippen LogP contribution in [0, 0.1) is 11.6 Å². The summed E-state index contributed by atoms with van der Waals surface area (Å²) in [6.07, 6.45) is -5.54. The number of rotatable bonds is 24. The Bertz CT molecular complexity index is 3170. The first kappa shape index (κ1) is 68.5. The van der Waals surface area contributed by atoms with Gasteiger partial charge >= 0.3 is 37.7 Å². The molecule has 0 aliphatic carbocycles. The van der Waals surface area contributed by atoms with Gasteiger partial charge in [-0.2, -0.15) is 0 Å². The van der Waals surface area contributed by atoms with E-state index in [4.69, 9.17) is 0 Å². The van der Waals surface area contributed by atoms with Gasteiger partial charge in [0, 0.05) is 71.8 Å². The normalized spacial score (nSPS) is 12.4. The fourth-order valence-electron chi connectivity index (χ4n) is 10.4. The number of aliphatic carboxylic acids is 2. The molecule has 2 heterocycles. The molecule has 15 nitrogen and oxygen atoms in total. The van der Waals surface area contributed by atoms with E-state index in [2.05, 4.69) is 16.4 Å². The van der Waals surface area contributed by atoms with E-state index in [-0.39, 0.29) is 100 Å². The molecule has 8 N–H and O–H groups in total. The molecule has 0 spiro atoms. The Morgan fingerprint density at radius 3 is 1.04 bits per heavy atom. The molecule has 85 heavy (non-hydrogen) atoms. The van der Waals surface area contributed by atoms with E-state index < -0.39 is 60.8 Å². The molecule has 8 rings (SSSR count). The third-order valence-corrected chi connectivity index (χ3v) is 13.8. The number of aliphatic hydroxyl groups is 4. The number of nitrogens with two attached hydrogens (primary N) is 1. The maximum absolute atomic E-state index is 14.0.